The Balaban J connectivity index is 1.63. The lowest BCUT2D eigenvalue weighted by Crippen LogP contribution is -2.44. The van der Waals surface area contributed by atoms with Gasteiger partial charge in [-0.3, -0.25) is 9.59 Å². The molecule has 2 heterocycles. The predicted octanol–water partition coefficient (Wildman–Crippen LogP) is 2.57. The van der Waals surface area contributed by atoms with E-state index in [1.54, 1.807) is 18.7 Å². The first kappa shape index (κ1) is 25.0. The highest BCUT2D eigenvalue weighted by Crippen LogP contribution is 2.22. The first-order valence-electron chi connectivity index (χ1n) is 11.4. The number of likely N-dealkylation sites (tertiary alicyclic amines) is 1. The summed E-state index contributed by atoms with van der Waals surface area (Å²) in [6, 6.07) is 8.53. The van der Waals surface area contributed by atoms with E-state index in [4.69, 9.17) is 4.74 Å². The second kappa shape index (κ2) is 10.5. The maximum atomic E-state index is 12.8. The Hall–Kier alpha value is -2.65. The summed E-state index contributed by atoms with van der Waals surface area (Å²) in [5.41, 5.74) is 1.98. The zero-order chi connectivity index (χ0) is 24.2. The van der Waals surface area contributed by atoms with E-state index in [0.29, 0.717) is 39.0 Å². The molecule has 1 amide bonds. The number of piperidine rings is 1. The van der Waals surface area contributed by atoms with Crippen LogP contribution in [0.25, 0.3) is 0 Å². The van der Waals surface area contributed by atoms with Crippen LogP contribution in [-0.4, -0.2) is 60.4 Å². The molecule has 0 spiro atoms. The molecule has 33 heavy (non-hydrogen) atoms. The number of hydrogen-bond acceptors (Lipinski definition) is 5. The molecular weight excluding hydrogens is 442 g/mol. The van der Waals surface area contributed by atoms with Crippen LogP contribution in [0.4, 0.5) is 0 Å². The second-order valence-electron chi connectivity index (χ2n) is 8.36. The normalized spacial score (nSPS) is 15.1. The topological polar surface area (TPSA) is 88.9 Å². The first-order valence-corrected chi connectivity index (χ1v) is 12.8. The minimum absolute atomic E-state index is 0.0131. The molecule has 1 aliphatic rings. The Kier molecular flexibility index (Phi) is 7.97. The Morgan fingerprint density at radius 1 is 1.06 bits per heavy atom. The van der Waals surface area contributed by atoms with Gasteiger partial charge in [-0.15, -0.1) is 0 Å². The molecule has 0 aliphatic carbocycles. The molecular formula is C24H33N3O5S. The second-order valence-corrected chi connectivity index (χ2v) is 10.3. The van der Waals surface area contributed by atoms with Crippen molar-refractivity contribution in [1.29, 1.82) is 0 Å². The van der Waals surface area contributed by atoms with Gasteiger partial charge in [0.05, 0.1) is 4.90 Å². The molecule has 8 nitrogen and oxygen atoms in total. The molecule has 0 saturated carbocycles. The number of hydrogen-bond donors (Lipinski definition) is 0. The summed E-state index contributed by atoms with van der Waals surface area (Å²) in [6.45, 7) is 9.15. The Labute approximate surface area is 195 Å². The van der Waals surface area contributed by atoms with Crippen molar-refractivity contribution in [3.63, 3.8) is 0 Å². The Bertz CT molecular complexity index is 1150. The smallest absolute Gasteiger partial charge is 0.251 e. The fraction of sp³-hybridized carbons (Fsp3) is 0.500. The highest BCUT2D eigenvalue weighted by atomic mass is 32.2. The lowest BCUT2D eigenvalue weighted by atomic mass is 10.1. The minimum Gasteiger partial charge on any atom is -0.490 e. The van der Waals surface area contributed by atoms with Crippen LogP contribution in [-0.2, 0) is 21.4 Å². The average Bonchev–Trinajstić information content (AvgIpc) is 2.78. The third-order valence-corrected chi connectivity index (χ3v) is 8.21. The van der Waals surface area contributed by atoms with E-state index in [1.165, 1.54) is 38.3 Å². The summed E-state index contributed by atoms with van der Waals surface area (Å²) < 4.78 is 34.1. The summed E-state index contributed by atoms with van der Waals surface area (Å²) in [5, 5.41) is 0. The summed E-state index contributed by atoms with van der Waals surface area (Å²) >= 11 is 0. The SMILES string of the molecule is CCN(CC)S(=O)(=O)c1ccc(=O)n(CC(=O)N2CCC(Oc3ccc(C)c(C)c3)CC2)c1. The molecule has 0 radical (unpaired) electrons. The van der Waals surface area contributed by atoms with Crippen LogP contribution in [0, 0.1) is 13.8 Å². The molecule has 1 aromatic carbocycles. The minimum atomic E-state index is -3.71. The molecule has 1 aliphatic heterocycles. The molecule has 2 aromatic rings. The van der Waals surface area contributed by atoms with Crippen LogP contribution >= 0.6 is 0 Å². The first-order chi connectivity index (χ1) is 15.6. The van der Waals surface area contributed by atoms with Crippen LogP contribution in [0.3, 0.4) is 0 Å². The molecule has 1 aromatic heterocycles. The van der Waals surface area contributed by atoms with Gasteiger partial charge in [0.25, 0.3) is 5.56 Å². The van der Waals surface area contributed by atoms with Crippen LogP contribution in [0.1, 0.15) is 37.8 Å². The third-order valence-electron chi connectivity index (χ3n) is 6.18. The maximum absolute atomic E-state index is 12.8. The molecule has 0 unspecified atom stereocenters. The van der Waals surface area contributed by atoms with Gasteiger partial charge in [0, 0.05) is 51.3 Å². The number of nitrogens with zero attached hydrogens (tertiary/aromatic N) is 3. The van der Waals surface area contributed by atoms with Gasteiger partial charge in [0.2, 0.25) is 15.9 Å². The van der Waals surface area contributed by atoms with Gasteiger partial charge in [0.1, 0.15) is 18.4 Å². The van der Waals surface area contributed by atoms with Gasteiger partial charge in [-0.25, -0.2) is 8.42 Å². The fourth-order valence-electron chi connectivity index (χ4n) is 3.95. The lowest BCUT2D eigenvalue weighted by Gasteiger charge is -2.32. The van der Waals surface area contributed by atoms with Crippen molar-refractivity contribution in [3.8, 4) is 5.75 Å². The standard InChI is InChI=1S/C24H33N3O5S/c1-5-27(6-2)33(30,31)22-9-10-23(28)26(16-22)17-24(29)25-13-11-20(12-14-25)32-21-8-7-18(3)19(4)15-21/h7-10,15-16,20H,5-6,11-14,17H2,1-4H3. The van der Waals surface area contributed by atoms with E-state index >= 15 is 0 Å². The third kappa shape index (κ3) is 5.83. The van der Waals surface area contributed by atoms with Crippen molar-refractivity contribution >= 4 is 15.9 Å². The number of amides is 1. The van der Waals surface area contributed by atoms with Gasteiger partial charge in [-0.05, 0) is 43.2 Å². The number of rotatable bonds is 8. The van der Waals surface area contributed by atoms with Crippen molar-refractivity contribution in [2.45, 2.75) is 58.1 Å². The zero-order valence-corrected chi connectivity index (χ0v) is 20.6. The number of aromatic nitrogens is 1. The number of carbonyl (C=O) groups excluding carboxylic acids is 1. The van der Waals surface area contributed by atoms with Crippen LogP contribution < -0.4 is 10.3 Å². The highest BCUT2D eigenvalue weighted by Gasteiger charge is 2.26. The summed E-state index contributed by atoms with van der Waals surface area (Å²) in [4.78, 5) is 26.9. The molecule has 180 valence electrons. The van der Waals surface area contributed by atoms with Crippen LogP contribution in [0.5, 0.6) is 5.75 Å². The lowest BCUT2D eigenvalue weighted by molar-refractivity contribution is -0.133. The van der Waals surface area contributed by atoms with E-state index in [9.17, 15) is 18.0 Å². The molecule has 9 heteroatoms. The molecule has 3 rings (SSSR count). The van der Waals surface area contributed by atoms with Gasteiger partial charge < -0.3 is 14.2 Å². The number of aryl methyl sites for hydroxylation is 2. The number of pyridine rings is 1. The monoisotopic (exact) mass is 475 g/mol. The number of benzene rings is 1. The average molecular weight is 476 g/mol. The van der Waals surface area contributed by atoms with E-state index in [0.717, 1.165) is 5.75 Å². The van der Waals surface area contributed by atoms with Gasteiger partial charge in [-0.1, -0.05) is 19.9 Å². The summed E-state index contributed by atoms with van der Waals surface area (Å²) in [6.07, 6.45) is 2.69. The molecule has 0 N–H and O–H groups in total. The quantitative estimate of drug-likeness (QED) is 0.586. The largest absolute Gasteiger partial charge is 0.490 e. The van der Waals surface area contributed by atoms with E-state index in [-0.39, 0.29) is 23.5 Å². The predicted molar refractivity (Wildman–Crippen MR) is 127 cm³/mol. The summed E-state index contributed by atoms with van der Waals surface area (Å²) in [7, 11) is -3.71. The van der Waals surface area contributed by atoms with Crippen LogP contribution in [0.15, 0.2) is 46.2 Å². The van der Waals surface area contributed by atoms with Crippen molar-refractivity contribution in [3.05, 3.63) is 58.0 Å². The van der Waals surface area contributed by atoms with Crippen molar-refractivity contribution in [2.75, 3.05) is 26.2 Å². The molecule has 0 bridgehead atoms. The van der Waals surface area contributed by atoms with Crippen LogP contribution in [0.2, 0.25) is 0 Å². The highest BCUT2D eigenvalue weighted by molar-refractivity contribution is 7.89. The van der Waals surface area contributed by atoms with Crippen molar-refractivity contribution in [2.24, 2.45) is 0 Å². The van der Waals surface area contributed by atoms with Gasteiger partial charge >= 0.3 is 0 Å². The number of sulfonamides is 1. The number of ether oxygens (including phenoxy) is 1. The summed E-state index contributed by atoms with van der Waals surface area (Å²) in [5.74, 6) is 0.625. The molecule has 0 atom stereocenters. The van der Waals surface area contributed by atoms with E-state index in [1.807, 2.05) is 25.1 Å². The fourth-order valence-corrected chi connectivity index (χ4v) is 5.43. The molecule has 1 fully saturated rings. The van der Waals surface area contributed by atoms with E-state index < -0.39 is 15.6 Å². The van der Waals surface area contributed by atoms with Crippen molar-refractivity contribution < 1.29 is 17.9 Å². The zero-order valence-electron chi connectivity index (χ0n) is 19.8. The maximum Gasteiger partial charge on any atom is 0.251 e. The number of carbonyl (C=O) groups is 1. The van der Waals surface area contributed by atoms with Crippen molar-refractivity contribution in [1.82, 2.24) is 13.8 Å². The van der Waals surface area contributed by atoms with Gasteiger partial charge in [-0.2, -0.15) is 4.31 Å². The molecule has 1 saturated heterocycles. The van der Waals surface area contributed by atoms with E-state index in [2.05, 4.69) is 6.92 Å². The Morgan fingerprint density at radius 2 is 1.73 bits per heavy atom. The Morgan fingerprint density at radius 3 is 2.33 bits per heavy atom. The van der Waals surface area contributed by atoms with Gasteiger partial charge in [0.15, 0.2) is 0 Å².